The number of carbonyl (C=O) groups excluding carboxylic acids is 1. The van der Waals surface area contributed by atoms with E-state index >= 15 is 0 Å². The molecule has 0 aliphatic rings. The van der Waals surface area contributed by atoms with E-state index < -0.39 is 0 Å². The highest BCUT2D eigenvalue weighted by Crippen LogP contribution is 2.33. The van der Waals surface area contributed by atoms with Gasteiger partial charge in [0.15, 0.2) is 5.76 Å². The quantitative estimate of drug-likeness (QED) is 0.910. The number of hydrogen-bond acceptors (Lipinski definition) is 3. The van der Waals surface area contributed by atoms with Crippen LogP contribution < -0.4 is 5.73 Å². The van der Waals surface area contributed by atoms with E-state index in [1.165, 1.54) is 0 Å². The van der Waals surface area contributed by atoms with E-state index in [1.54, 1.807) is 24.1 Å². The Bertz CT molecular complexity index is 652. The average molecular weight is 321 g/mol. The lowest BCUT2D eigenvalue weighted by atomic mass is 9.94. The first-order chi connectivity index (χ1) is 10.5. The van der Waals surface area contributed by atoms with Crippen LogP contribution in [0.3, 0.4) is 0 Å². The van der Waals surface area contributed by atoms with Gasteiger partial charge in [0.2, 0.25) is 0 Å². The number of nitrogens with two attached hydrogens (primary N) is 1. The summed E-state index contributed by atoms with van der Waals surface area (Å²) in [6.45, 7) is 4.39. The molecule has 0 fully saturated rings. The van der Waals surface area contributed by atoms with Gasteiger partial charge in [0.05, 0.1) is 12.6 Å². The fraction of sp³-hybridized carbons (Fsp3) is 0.353. The number of rotatable bonds is 5. The largest absolute Gasteiger partial charge is 0.455 e. The molecule has 0 spiro atoms. The van der Waals surface area contributed by atoms with Crippen LogP contribution in [0, 0.1) is 5.92 Å². The minimum Gasteiger partial charge on any atom is -0.455 e. The zero-order valence-electron chi connectivity index (χ0n) is 13.0. The number of furan rings is 1. The molecule has 118 valence electrons. The molecular weight excluding hydrogens is 300 g/mol. The van der Waals surface area contributed by atoms with Crippen LogP contribution in [0.4, 0.5) is 0 Å². The topological polar surface area (TPSA) is 59.5 Å². The molecule has 1 atom stereocenters. The monoisotopic (exact) mass is 320 g/mol. The Hall–Kier alpha value is -1.78. The first kappa shape index (κ1) is 16.6. The summed E-state index contributed by atoms with van der Waals surface area (Å²) in [5.41, 5.74) is 6.45. The van der Waals surface area contributed by atoms with Gasteiger partial charge in [-0.25, -0.2) is 0 Å². The summed E-state index contributed by atoms with van der Waals surface area (Å²) in [6, 6.07) is 10.8. The smallest absolute Gasteiger partial charge is 0.289 e. The van der Waals surface area contributed by atoms with Gasteiger partial charge < -0.3 is 15.1 Å². The number of nitrogens with zero attached hydrogens (tertiary/aromatic N) is 1. The summed E-state index contributed by atoms with van der Waals surface area (Å²) in [5.74, 6) is 0.910. The van der Waals surface area contributed by atoms with Crippen molar-refractivity contribution >= 4 is 17.5 Å². The van der Waals surface area contributed by atoms with Crippen molar-refractivity contribution in [2.24, 2.45) is 11.7 Å². The van der Waals surface area contributed by atoms with Gasteiger partial charge in [-0.2, -0.15) is 0 Å². The minimum absolute atomic E-state index is 0.132. The molecule has 5 heteroatoms. The summed E-state index contributed by atoms with van der Waals surface area (Å²) in [4.78, 5) is 14.3. The number of amides is 1. The molecule has 4 nitrogen and oxygen atoms in total. The predicted molar refractivity (Wildman–Crippen MR) is 87.7 cm³/mol. The summed E-state index contributed by atoms with van der Waals surface area (Å²) >= 11 is 6.31. The molecule has 1 aromatic heterocycles. The maximum absolute atomic E-state index is 12.7. The number of benzene rings is 1. The van der Waals surface area contributed by atoms with E-state index in [2.05, 4.69) is 13.8 Å². The molecule has 0 radical (unpaired) electrons. The number of carbonyl (C=O) groups is 1. The zero-order valence-corrected chi connectivity index (χ0v) is 13.8. The van der Waals surface area contributed by atoms with E-state index in [0.29, 0.717) is 16.5 Å². The van der Waals surface area contributed by atoms with Gasteiger partial charge in [0, 0.05) is 12.1 Å². The van der Waals surface area contributed by atoms with Crippen molar-refractivity contribution in [2.75, 3.05) is 7.05 Å². The first-order valence-electron chi connectivity index (χ1n) is 7.26. The molecule has 2 rings (SSSR count). The molecule has 0 saturated carbocycles. The summed E-state index contributed by atoms with van der Waals surface area (Å²) in [5, 5.41) is 0.656. The van der Waals surface area contributed by atoms with E-state index in [4.69, 9.17) is 21.8 Å². The third-order valence-electron chi connectivity index (χ3n) is 3.67. The Balaban J connectivity index is 2.32. The zero-order chi connectivity index (χ0) is 16.3. The van der Waals surface area contributed by atoms with Crippen LogP contribution in [0.25, 0.3) is 0 Å². The molecule has 0 aliphatic carbocycles. The average Bonchev–Trinajstić information content (AvgIpc) is 2.97. The third-order valence-corrected chi connectivity index (χ3v) is 4.01. The van der Waals surface area contributed by atoms with E-state index in [9.17, 15) is 4.79 Å². The van der Waals surface area contributed by atoms with Crippen LogP contribution in [-0.2, 0) is 6.54 Å². The molecule has 2 N–H and O–H groups in total. The SMILES string of the molecule is CC(C)[C@@H](c1ccccc1Cl)N(C)C(=O)c1ccc(CN)o1. The molecule has 1 amide bonds. The fourth-order valence-electron chi connectivity index (χ4n) is 2.63. The lowest BCUT2D eigenvalue weighted by Gasteiger charge is -2.31. The second-order valence-electron chi connectivity index (χ2n) is 5.60. The standard InChI is InChI=1S/C17H21ClN2O2/c1-11(2)16(13-6-4-5-7-14(13)18)20(3)17(21)15-9-8-12(10-19)22-15/h4-9,11,16H,10,19H2,1-3H3/t16-/m0/s1. The second kappa shape index (κ2) is 6.99. The highest BCUT2D eigenvalue weighted by Gasteiger charge is 2.28. The van der Waals surface area contributed by atoms with Crippen LogP contribution in [0.15, 0.2) is 40.8 Å². The van der Waals surface area contributed by atoms with Crippen LogP contribution in [0.1, 0.15) is 41.8 Å². The maximum atomic E-state index is 12.7. The third kappa shape index (κ3) is 3.34. The van der Waals surface area contributed by atoms with Gasteiger partial charge in [0.1, 0.15) is 5.76 Å². The Morgan fingerprint density at radius 1 is 1.27 bits per heavy atom. The Labute approximate surface area is 135 Å². The van der Waals surface area contributed by atoms with Crippen molar-refractivity contribution in [3.8, 4) is 0 Å². The number of halogens is 1. The lowest BCUT2D eigenvalue weighted by Crippen LogP contribution is -2.34. The van der Waals surface area contributed by atoms with Crippen molar-refractivity contribution < 1.29 is 9.21 Å². The number of hydrogen-bond donors (Lipinski definition) is 1. The first-order valence-corrected chi connectivity index (χ1v) is 7.63. The molecule has 0 unspecified atom stereocenters. The molecule has 1 aromatic carbocycles. The van der Waals surface area contributed by atoms with Gasteiger partial charge in [-0.15, -0.1) is 0 Å². The van der Waals surface area contributed by atoms with Crippen molar-refractivity contribution in [3.63, 3.8) is 0 Å². The van der Waals surface area contributed by atoms with Gasteiger partial charge in [-0.3, -0.25) is 4.79 Å². The predicted octanol–water partition coefficient (Wildman–Crippen LogP) is 3.86. The maximum Gasteiger partial charge on any atom is 0.289 e. The molecular formula is C17H21ClN2O2. The molecule has 2 aromatic rings. The molecule has 0 saturated heterocycles. The Morgan fingerprint density at radius 3 is 2.50 bits per heavy atom. The van der Waals surface area contributed by atoms with Crippen molar-refractivity contribution in [1.82, 2.24) is 4.90 Å². The van der Waals surface area contributed by atoms with E-state index in [0.717, 1.165) is 5.56 Å². The van der Waals surface area contributed by atoms with Gasteiger partial charge in [-0.05, 0) is 29.7 Å². The van der Waals surface area contributed by atoms with Gasteiger partial charge in [0.25, 0.3) is 5.91 Å². The summed E-state index contributed by atoms with van der Waals surface area (Å²) < 4.78 is 5.46. The Morgan fingerprint density at radius 2 is 1.95 bits per heavy atom. The highest BCUT2D eigenvalue weighted by atomic mass is 35.5. The summed E-state index contributed by atoms with van der Waals surface area (Å²) in [6.07, 6.45) is 0. The van der Waals surface area contributed by atoms with Gasteiger partial charge >= 0.3 is 0 Å². The Kier molecular flexibility index (Phi) is 5.27. The normalized spacial score (nSPS) is 12.5. The van der Waals surface area contributed by atoms with Crippen molar-refractivity contribution in [3.05, 3.63) is 58.5 Å². The van der Waals surface area contributed by atoms with Crippen LogP contribution in [0.2, 0.25) is 5.02 Å². The lowest BCUT2D eigenvalue weighted by molar-refractivity contribution is 0.0653. The van der Waals surface area contributed by atoms with Gasteiger partial charge in [-0.1, -0.05) is 43.6 Å². The second-order valence-corrected chi connectivity index (χ2v) is 6.00. The minimum atomic E-state index is -0.182. The van der Waals surface area contributed by atoms with Crippen molar-refractivity contribution in [1.29, 1.82) is 0 Å². The van der Waals surface area contributed by atoms with Crippen LogP contribution >= 0.6 is 11.6 Å². The highest BCUT2D eigenvalue weighted by molar-refractivity contribution is 6.31. The van der Waals surface area contributed by atoms with E-state index in [1.807, 2.05) is 24.3 Å². The summed E-state index contributed by atoms with van der Waals surface area (Å²) in [7, 11) is 1.76. The molecule has 0 aliphatic heterocycles. The van der Waals surface area contributed by atoms with Crippen LogP contribution in [-0.4, -0.2) is 17.9 Å². The van der Waals surface area contributed by atoms with E-state index in [-0.39, 0.29) is 24.4 Å². The van der Waals surface area contributed by atoms with Crippen LogP contribution in [0.5, 0.6) is 0 Å². The van der Waals surface area contributed by atoms with Crippen molar-refractivity contribution in [2.45, 2.75) is 26.4 Å². The molecule has 0 bridgehead atoms. The molecule has 22 heavy (non-hydrogen) atoms. The molecule has 1 heterocycles. The fourth-order valence-corrected chi connectivity index (χ4v) is 2.88.